The molecule has 0 saturated carbocycles. The van der Waals surface area contributed by atoms with E-state index in [1.165, 1.54) is 13.0 Å². The number of hydrogen-bond donors (Lipinski definition) is 2. The number of nitrogens with zero attached hydrogens (tertiary/aromatic N) is 1. The predicted molar refractivity (Wildman–Crippen MR) is 66.0 cm³/mol. The highest BCUT2D eigenvalue weighted by atomic mass is 15.2. The Hall–Kier alpha value is -0.120. The van der Waals surface area contributed by atoms with Gasteiger partial charge in [0.15, 0.2) is 0 Å². The van der Waals surface area contributed by atoms with Crippen LogP contribution in [-0.2, 0) is 0 Å². The maximum atomic E-state index is 5.93. The van der Waals surface area contributed by atoms with Crippen molar-refractivity contribution in [1.29, 1.82) is 0 Å². The molecule has 15 heavy (non-hydrogen) atoms. The Labute approximate surface area is 94.4 Å². The van der Waals surface area contributed by atoms with E-state index < -0.39 is 0 Å². The molecule has 3 nitrogen and oxygen atoms in total. The van der Waals surface area contributed by atoms with E-state index in [1.54, 1.807) is 0 Å². The number of rotatable bonds is 5. The first-order valence-electron chi connectivity index (χ1n) is 6.18. The quantitative estimate of drug-likeness (QED) is 0.717. The molecule has 0 radical (unpaired) electrons. The molecule has 1 aliphatic heterocycles. The van der Waals surface area contributed by atoms with Crippen LogP contribution in [-0.4, -0.2) is 42.7 Å². The van der Waals surface area contributed by atoms with Crippen molar-refractivity contribution in [3.8, 4) is 0 Å². The topological polar surface area (TPSA) is 41.3 Å². The van der Waals surface area contributed by atoms with Gasteiger partial charge in [-0.25, -0.2) is 0 Å². The Morgan fingerprint density at radius 3 is 2.40 bits per heavy atom. The Morgan fingerprint density at radius 1 is 1.33 bits per heavy atom. The summed E-state index contributed by atoms with van der Waals surface area (Å²) in [6.45, 7) is 13.1. The highest BCUT2D eigenvalue weighted by Crippen LogP contribution is 2.22. The summed E-state index contributed by atoms with van der Waals surface area (Å²) < 4.78 is 0. The summed E-state index contributed by atoms with van der Waals surface area (Å²) in [5, 5.41) is 3.66. The zero-order valence-corrected chi connectivity index (χ0v) is 10.7. The van der Waals surface area contributed by atoms with Crippen LogP contribution in [0.15, 0.2) is 0 Å². The third kappa shape index (κ3) is 3.44. The molecule has 1 fully saturated rings. The number of likely N-dealkylation sites (tertiary alicyclic amines) is 1. The van der Waals surface area contributed by atoms with Crippen LogP contribution >= 0.6 is 0 Å². The molecule has 0 bridgehead atoms. The minimum absolute atomic E-state index is 0.175. The number of nitrogens with two attached hydrogens (primary N) is 1. The molecule has 1 aliphatic rings. The molecule has 0 aromatic heterocycles. The van der Waals surface area contributed by atoms with Crippen LogP contribution in [0.25, 0.3) is 0 Å². The van der Waals surface area contributed by atoms with Gasteiger partial charge in [0.2, 0.25) is 0 Å². The summed E-state index contributed by atoms with van der Waals surface area (Å²) in [6, 6.07) is 0.638. The average Bonchev–Trinajstić information content (AvgIpc) is 2.60. The van der Waals surface area contributed by atoms with Gasteiger partial charge >= 0.3 is 0 Å². The second-order valence-corrected chi connectivity index (χ2v) is 5.57. The van der Waals surface area contributed by atoms with Crippen molar-refractivity contribution in [2.24, 2.45) is 11.7 Å². The maximum Gasteiger partial charge on any atom is 0.0445 e. The van der Waals surface area contributed by atoms with Crippen LogP contribution in [0.3, 0.4) is 0 Å². The lowest BCUT2D eigenvalue weighted by molar-refractivity contribution is 0.238. The van der Waals surface area contributed by atoms with Crippen molar-refractivity contribution in [1.82, 2.24) is 10.2 Å². The van der Waals surface area contributed by atoms with Gasteiger partial charge in [0, 0.05) is 31.2 Å². The van der Waals surface area contributed by atoms with Crippen molar-refractivity contribution < 1.29 is 0 Å². The van der Waals surface area contributed by atoms with E-state index in [-0.39, 0.29) is 5.54 Å². The van der Waals surface area contributed by atoms with Crippen molar-refractivity contribution in [3.63, 3.8) is 0 Å². The molecular weight excluding hydrogens is 186 g/mol. The minimum Gasteiger partial charge on any atom is -0.329 e. The Bertz CT molecular complexity index is 191. The van der Waals surface area contributed by atoms with E-state index in [9.17, 15) is 0 Å². The highest BCUT2D eigenvalue weighted by molar-refractivity contribution is 4.99. The van der Waals surface area contributed by atoms with Gasteiger partial charge in [0.1, 0.15) is 0 Å². The van der Waals surface area contributed by atoms with E-state index in [1.807, 2.05) is 0 Å². The minimum atomic E-state index is 0.175. The molecule has 1 saturated heterocycles. The summed E-state index contributed by atoms with van der Waals surface area (Å²) in [4.78, 5) is 2.51. The van der Waals surface area contributed by atoms with Crippen molar-refractivity contribution in [2.75, 3.05) is 26.2 Å². The lowest BCUT2D eigenvalue weighted by atomic mass is 9.98. The van der Waals surface area contributed by atoms with Gasteiger partial charge in [0.05, 0.1) is 0 Å². The summed E-state index contributed by atoms with van der Waals surface area (Å²) in [6.07, 6.45) is 1.19. The molecule has 0 aromatic rings. The fraction of sp³-hybridized carbons (Fsp3) is 1.00. The van der Waals surface area contributed by atoms with Gasteiger partial charge < -0.3 is 11.1 Å². The molecule has 3 N–H and O–H groups in total. The molecule has 3 heteroatoms. The van der Waals surface area contributed by atoms with E-state index in [0.29, 0.717) is 12.0 Å². The Balaban J connectivity index is 2.48. The van der Waals surface area contributed by atoms with E-state index >= 15 is 0 Å². The van der Waals surface area contributed by atoms with Crippen LogP contribution < -0.4 is 11.1 Å². The first kappa shape index (κ1) is 12.9. The Kier molecular flexibility index (Phi) is 4.56. The monoisotopic (exact) mass is 213 g/mol. The first-order chi connectivity index (χ1) is 6.99. The number of nitrogens with one attached hydrogen (secondary N) is 1. The number of hydrogen-bond acceptors (Lipinski definition) is 3. The predicted octanol–water partition coefficient (Wildman–Crippen LogP) is 1.04. The second-order valence-electron chi connectivity index (χ2n) is 5.57. The molecule has 0 aromatic carbocycles. The summed E-state index contributed by atoms with van der Waals surface area (Å²) >= 11 is 0. The molecule has 1 rings (SSSR count). The lowest BCUT2D eigenvalue weighted by Gasteiger charge is -2.31. The first-order valence-corrected chi connectivity index (χ1v) is 6.18. The van der Waals surface area contributed by atoms with Crippen molar-refractivity contribution >= 4 is 0 Å². The highest BCUT2D eigenvalue weighted by Gasteiger charge is 2.37. The van der Waals surface area contributed by atoms with Crippen LogP contribution in [0.2, 0.25) is 0 Å². The van der Waals surface area contributed by atoms with E-state index in [4.69, 9.17) is 5.73 Å². The standard InChI is InChI=1S/C12H27N3/c1-10(2)7-14-12(8-13)5-6-15(9-12)11(3)4/h10-11,14H,5-9,13H2,1-4H3. The summed E-state index contributed by atoms with van der Waals surface area (Å²) in [5.74, 6) is 0.696. The van der Waals surface area contributed by atoms with Crippen LogP contribution in [0.4, 0.5) is 0 Å². The lowest BCUT2D eigenvalue weighted by Crippen LogP contribution is -2.54. The largest absolute Gasteiger partial charge is 0.329 e. The molecule has 0 spiro atoms. The fourth-order valence-electron chi connectivity index (χ4n) is 2.15. The SMILES string of the molecule is CC(C)CNC1(CN)CCN(C(C)C)C1. The normalized spacial score (nSPS) is 28.2. The fourth-order valence-corrected chi connectivity index (χ4v) is 2.15. The van der Waals surface area contributed by atoms with Gasteiger partial charge in [0.25, 0.3) is 0 Å². The Morgan fingerprint density at radius 2 is 2.00 bits per heavy atom. The molecule has 1 heterocycles. The molecule has 0 aliphatic carbocycles. The second kappa shape index (κ2) is 5.28. The molecule has 1 unspecified atom stereocenters. The van der Waals surface area contributed by atoms with Gasteiger partial charge in [-0.05, 0) is 32.7 Å². The van der Waals surface area contributed by atoms with Crippen molar-refractivity contribution in [2.45, 2.75) is 45.7 Å². The van der Waals surface area contributed by atoms with Gasteiger partial charge in [-0.3, -0.25) is 4.90 Å². The molecular formula is C12H27N3. The van der Waals surface area contributed by atoms with Crippen LogP contribution in [0.5, 0.6) is 0 Å². The maximum absolute atomic E-state index is 5.93. The van der Waals surface area contributed by atoms with Crippen molar-refractivity contribution in [3.05, 3.63) is 0 Å². The van der Waals surface area contributed by atoms with Gasteiger partial charge in [-0.2, -0.15) is 0 Å². The van der Waals surface area contributed by atoms with Gasteiger partial charge in [-0.1, -0.05) is 13.8 Å². The third-order valence-corrected chi connectivity index (χ3v) is 3.39. The molecule has 1 atom stereocenters. The molecule has 0 amide bonds. The summed E-state index contributed by atoms with van der Waals surface area (Å²) in [7, 11) is 0. The average molecular weight is 213 g/mol. The van der Waals surface area contributed by atoms with Crippen LogP contribution in [0.1, 0.15) is 34.1 Å². The van der Waals surface area contributed by atoms with E-state index in [0.717, 1.165) is 19.6 Å². The zero-order valence-electron chi connectivity index (χ0n) is 10.7. The van der Waals surface area contributed by atoms with E-state index in [2.05, 4.69) is 37.9 Å². The smallest absolute Gasteiger partial charge is 0.0445 e. The summed E-state index contributed by atoms with van der Waals surface area (Å²) in [5.41, 5.74) is 6.10. The molecule has 90 valence electrons. The van der Waals surface area contributed by atoms with Crippen LogP contribution in [0, 0.1) is 5.92 Å². The third-order valence-electron chi connectivity index (χ3n) is 3.39. The van der Waals surface area contributed by atoms with Gasteiger partial charge in [-0.15, -0.1) is 0 Å². The zero-order chi connectivity index (χ0) is 11.5.